The van der Waals surface area contributed by atoms with E-state index in [4.69, 9.17) is 16.0 Å². The van der Waals surface area contributed by atoms with Crippen LogP contribution in [0.1, 0.15) is 27.4 Å². The molecule has 1 amide bonds. The first-order valence-corrected chi connectivity index (χ1v) is 12.5. The van der Waals surface area contributed by atoms with Gasteiger partial charge < -0.3 is 4.42 Å². The lowest BCUT2D eigenvalue weighted by Gasteiger charge is -2.21. The van der Waals surface area contributed by atoms with Gasteiger partial charge in [0.1, 0.15) is 11.5 Å². The average molecular weight is 508 g/mol. The number of rotatable bonds is 9. The van der Waals surface area contributed by atoms with Crippen LogP contribution in [0.15, 0.2) is 111 Å². The minimum atomic E-state index is -3.84. The van der Waals surface area contributed by atoms with Crippen LogP contribution in [0.4, 0.5) is 0 Å². The first-order valence-electron chi connectivity index (χ1n) is 10.7. The molecule has 0 saturated heterocycles. The number of sulfonamides is 1. The summed E-state index contributed by atoms with van der Waals surface area (Å²) in [6.45, 7) is 0.160. The summed E-state index contributed by atoms with van der Waals surface area (Å²) >= 11 is 5.94. The second kappa shape index (κ2) is 11.1. The van der Waals surface area contributed by atoms with Crippen LogP contribution in [0, 0.1) is 0 Å². The molecule has 0 radical (unpaired) electrons. The number of benzene rings is 3. The molecular formula is C26H22ClN3O4S. The Bertz CT molecular complexity index is 1400. The van der Waals surface area contributed by atoms with E-state index >= 15 is 0 Å². The number of carbonyl (C=O) groups excluding carboxylic acids is 1. The number of hydrogen-bond acceptors (Lipinski definition) is 5. The van der Waals surface area contributed by atoms with Gasteiger partial charge in [0.2, 0.25) is 10.0 Å². The molecule has 7 nitrogen and oxygen atoms in total. The predicted octanol–water partition coefficient (Wildman–Crippen LogP) is 5.09. The third kappa shape index (κ3) is 6.45. The van der Waals surface area contributed by atoms with E-state index in [0.29, 0.717) is 22.1 Å². The monoisotopic (exact) mass is 507 g/mol. The van der Waals surface area contributed by atoms with Crippen molar-refractivity contribution in [3.63, 3.8) is 0 Å². The molecule has 0 aliphatic carbocycles. The lowest BCUT2D eigenvalue weighted by Crippen LogP contribution is -2.30. The molecule has 0 saturated carbocycles. The van der Waals surface area contributed by atoms with Crippen molar-refractivity contribution in [2.45, 2.75) is 18.0 Å². The molecule has 0 atom stereocenters. The van der Waals surface area contributed by atoms with Crippen molar-refractivity contribution in [2.75, 3.05) is 0 Å². The average Bonchev–Trinajstić information content (AvgIpc) is 3.32. The van der Waals surface area contributed by atoms with Crippen LogP contribution in [-0.4, -0.2) is 24.8 Å². The maximum atomic E-state index is 13.4. The van der Waals surface area contributed by atoms with Crippen molar-refractivity contribution >= 4 is 33.7 Å². The van der Waals surface area contributed by atoms with Crippen molar-refractivity contribution in [1.29, 1.82) is 0 Å². The Labute approximate surface area is 208 Å². The first-order chi connectivity index (χ1) is 16.9. The van der Waals surface area contributed by atoms with E-state index in [1.807, 2.05) is 36.4 Å². The molecule has 3 aromatic carbocycles. The lowest BCUT2D eigenvalue weighted by molar-refractivity contribution is 0.0955. The van der Waals surface area contributed by atoms with Crippen LogP contribution in [0.5, 0.6) is 0 Å². The van der Waals surface area contributed by atoms with Gasteiger partial charge in [-0.1, -0.05) is 60.1 Å². The third-order valence-corrected chi connectivity index (χ3v) is 7.12. The summed E-state index contributed by atoms with van der Waals surface area (Å²) in [5.41, 5.74) is 3.75. The summed E-state index contributed by atoms with van der Waals surface area (Å²) in [5, 5.41) is 4.37. The van der Waals surface area contributed by atoms with Gasteiger partial charge in [0.05, 0.1) is 17.7 Å². The molecule has 4 aromatic rings. The Morgan fingerprint density at radius 3 is 2.23 bits per heavy atom. The highest BCUT2D eigenvalue weighted by Crippen LogP contribution is 2.23. The smallest absolute Gasteiger partial charge is 0.271 e. The Morgan fingerprint density at radius 1 is 0.886 bits per heavy atom. The number of nitrogens with zero attached hydrogens (tertiary/aromatic N) is 2. The summed E-state index contributed by atoms with van der Waals surface area (Å²) in [4.78, 5) is 12.2. The minimum Gasteiger partial charge on any atom is -0.459 e. The molecule has 0 unspecified atom stereocenters. The topological polar surface area (TPSA) is 92.0 Å². The number of furan rings is 1. The molecule has 0 aliphatic rings. The fourth-order valence-electron chi connectivity index (χ4n) is 3.30. The summed E-state index contributed by atoms with van der Waals surface area (Å²) in [7, 11) is -3.84. The molecule has 1 N–H and O–H groups in total. The van der Waals surface area contributed by atoms with Crippen LogP contribution in [0.25, 0.3) is 0 Å². The van der Waals surface area contributed by atoms with Gasteiger partial charge in [-0.3, -0.25) is 4.79 Å². The van der Waals surface area contributed by atoms with Crippen molar-refractivity contribution in [3.8, 4) is 0 Å². The second-order valence-corrected chi connectivity index (χ2v) is 9.96. The lowest BCUT2D eigenvalue weighted by atomic mass is 10.2. The van der Waals surface area contributed by atoms with E-state index < -0.39 is 10.0 Å². The van der Waals surface area contributed by atoms with E-state index in [0.717, 1.165) is 5.56 Å². The quantitative estimate of drug-likeness (QED) is 0.252. The highest BCUT2D eigenvalue weighted by molar-refractivity contribution is 7.89. The number of hydrogen-bond donors (Lipinski definition) is 1. The zero-order valence-electron chi connectivity index (χ0n) is 18.5. The number of carbonyl (C=O) groups is 1. The highest BCUT2D eigenvalue weighted by atomic mass is 35.5. The highest BCUT2D eigenvalue weighted by Gasteiger charge is 2.26. The van der Waals surface area contributed by atoms with Gasteiger partial charge in [0.25, 0.3) is 5.91 Å². The van der Waals surface area contributed by atoms with E-state index in [1.54, 1.807) is 48.5 Å². The Balaban J connectivity index is 1.50. The largest absolute Gasteiger partial charge is 0.459 e. The zero-order chi connectivity index (χ0) is 24.7. The Hall–Kier alpha value is -3.72. The number of amides is 1. The number of nitrogens with one attached hydrogen (secondary N) is 1. The molecule has 0 fully saturated rings. The van der Waals surface area contributed by atoms with Gasteiger partial charge in [-0.05, 0) is 54.1 Å². The maximum Gasteiger partial charge on any atom is 0.271 e. The summed E-state index contributed by atoms with van der Waals surface area (Å²) in [5.74, 6) is 0.447. The second-order valence-electron chi connectivity index (χ2n) is 7.58. The molecule has 1 aromatic heterocycles. The van der Waals surface area contributed by atoms with Gasteiger partial charge in [0.15, 0.2) is 0 Å². The molecule has 35 heavy (non-hydrogen) atoms. The van der Waals surface area contributed by atoms with Gasteiger partial charge in [0, 0.05) is 17.1 Å². The van der Waals surface area contributed by atoms with E-state index in [9.17, 15) is 13.2 Å². The van der Waals surface area contributed by atoms with Crippen molar-refractivity contribution in [2.24, 2.45) is 5.10 Å². The van der Waals surface area contributed by atoms with Gasteiger partial charge in [-0.2, -0.15) is 9.41 Å². The first kappa shape index (κ1) is 24.4. The van der Waals surface area contributed by atoms with Crippen molar-refractivity contribution < 1.29 is 17.6 Å². The van der Waals surface area contributed by atoms with Crippen LogP contribution in [0.2, 0.25) is 5.02 Å². The van der Waals surface area contributed by atoms with Crippen molar-refractivity contribution in [3.05, 3.63) is 125 Å². The van der Waals surface area contributed by atoms with Crippen LogP contribution < -0.4 is 5.43 Å². The van der Waals surface area contributed by atoms with E-state index in [1.165, 1.54) is 22.7 Å². The van der Waals surface area contributed by atoms with Gasteiger partial charge in [-0.15, -0.1) is 0 Å². The molecule has 178 valence electrons. The SMILES string of the molecule is O=C(N/N=C\c1ccc(CN(Cc2ccccc2)S(=O)(=O)c2ccc(Cl)cc2)o1)c1ccccc1. The van der Waals surface area contributed by atoms with Gasteiger partial charge >= 0.3 is 0 Å². The standard InChI is InChI=1S/C26H22ClN3O4S/c27-22-11-15-25(16-12-22)35(32,33)30(18-20-7-3-1-4-8-20)19-24-14-13-23(34-24)17-28-29-26(31)21-9-5-2-6-10-21/h1-17H,18-19H2,(H,29,31)/b28-17-. The molecule has 0 spiro atoms. The number of hydrazone groups is 1. The molecule has 0 aliphatic heterocycles. The summed E-state index contributed by atoms with van der Waals surface area (Å²) in [6, 6.07) is 27.4. The molecule has 9 heteroatoms. The van der Waals surface area contributed by atoms with E-state index in [2.05, 4.69) is 10.5 Å². The van der Waals surface area contributed by atoms with Gasteiger partial charge in [-0.25, -0.2) is 13.8 Å². The van der Waals surface area contributed by atoms with Crippen LogP contribution in [-0.2, 0) is 23.1 Å². The van der Waals surface area contributed by atoms with E-state index in [-0.39, 0.29) is 23.9 Å². The molecule has 4 rings (SSSR count). The maximum absolute atomic E-state index is 13.4. The fraction of sp³-hybridized carbons (Fsp3) is 0.0769. The summed E-state index contributed by atoms with van der Waals surface area (Å²) in [6.07, 6.45) is 1.36. The Morgan fingerprint density at radius 2 is 1.54 bits per heavy atom. The zero-order valence-corrected chi connectivity index (χ0v) is 20.1. The minimum absolute atomic E-state index is 0.00404. The molecule has 1 heterocycles. The van der Waals surface area contributed by atoms with Crippen molar-refractivity contribution in [1.82, 2.24) is 9.73 Å². The molecule has 0 bridgehead atoms. The fourth-order valence-corrected chi connectivity index (χ4v) is 4.82. The van der Waals surface area contributed by atoms with Crippen LogP contribution in [0.3, 0.4) is 0 Å². The normalized spacial score (nSPS) is 11.7. The molecular weight excluding hydrogens is 486 g/mol. The Kier molecular flexibility index (Phi) is 7.77. The third-order valence-electron chi connectivity index (χ3n) is 5.06. The number of halogens is 1. The predicted molar refractivity (Wildman–Crippen MR) is 135 cm³/mol. The summed E-state index contributed by atoms with van der Waals surface area (Å²) < 4.78 is 33.9. The van der Waals surface area contributed by atoms with Crippen LogP contribution >= 0.6 is 11.6 Å².